The molecule has 0 fully saturated rings. The summed E-state index contributed by atoms with van der Waals surface area (Å²) in [5.74, 6) is 0. The largest absolute Gasteiger partial charge is 0.658 e. The van der Waals surface area contributed by atoms with Gasteiger partial charge in [-0.05, 0) is 6.92 Å². The average Bonchev–Trinajstić information content (AvgIpc) is 2.04. The summed E-state index contributed by atoms with van der Waals surface area (Å²) in [6, 6.07) is 0.433. The van der Waals surface area contributed by atoms with Gasteiger partial charge in [-0.25, -0.2) is 0 Å². The molecule has 0 aliphatic carbocycles. The number of rotatable bonds is 4. The van der Waals surface area contributed by atoms with E-state index in [0.717, 1.165) is 6.54 Å². The molecule has 0 spiro atoms. The van der Waals surface area contributed by atoms with Gasteiger partial charge in [-0.2, -0.15) is 0 Å². The number of hydrogen-bond acceptors (Lipinski definition) is 1. The van der Waals surface area contributed by atoms with E-state index >= 15 is 0 Å². The van der Waals surface area contributed by atoms with Gasteiger partial charge in [-0.1, -0.05) is 27.7 Å². The maximum atomic E-state index is 5.01. The molecule has 3 heteroatoms. The molecule has 0 amide bonds. The van der Waals surface area contributed by atoms with Gasteiger partial charge in [0.25, 0.3) is 0 Å². The Morgan fingerprint density at radius 3 is 1.83 bits per heavy atom. The Labute approximate surface area is 101 Å². The molecule has 1 unspecified atom stereocenters. The van der Waals surface area contributed by atoms with Crippen LogP contribution in [0.2, 0.25) is 0 Å². The smallest absolute Gasteiger partial charge is 0.0357 e. The molecule has 0 saturated carbocycles. The first-order valence-corrected chi connectivity index (χ1v) is 4.36. The van der Waals surface area contributed by atoms with Crippen molar-refractivity contribution in [3.05, 3.63) is 5.32 Å². The average molecular weight is 398 g/mol. The van der Waals surface area contributed by atoms with Crippen LogP contribution in [-0.2, 0) is 4.74 Å². The van der Waals surface area contributed by atoms with Gasteiger partial charge in [0, 0.05) is 44.3 Å². The zero-order valence-corrected chi connectivity index (χ0v) is 13.4. The van der Waals surface area contributed by atoms with E-state index in [1.54, 1.807) is 7.11 Å². The van der Waals surface area contributed by atoms with Crippen molar-refractivity contribution in [3.63, 3.8) is 0 Å². The van der Waals surface area contributed by atoms with Crippen LogP contribution < -0.4 is 0 Å². The molecule has 0 aromatic heterocycles. The minimum Gasteiger partial charge on any atom is -0.658 e. The van der Waals surface area contributed by atoms with Crippen LogP contribution in [0.1, 0.15) is 34.6 Å². The first kappa shape index (κ1) is 18.7. The zero-order chi connectivity index (χ0) is 9.28. The minimum absolute atomic E-state index is 0. The van der Waals surface area contributed by atoms with E-state index in [1.165, 1.54) is 0 Å². The van der Waals surface area contributed by atoms with Crippen LogP contribution in [-0.4, -0.2) is 25.8 Å². The number of ether oxygens (including phenoxy) is 1. The van der Waals surface area contributed by atoms with Crippen molar-refractivity contribution in [1.82, 2.24) is 0 Å². The third-order valence-electron chi connectivity index (χ3n) is 1.13. The predicted molar refractivity (Wildman–Crippen MR) is 51.2 cm³/mol. The third kappa shape index (κ3) is 17.2. The maximum Gasteiger partial charge on any atom is 0.0357 e. The fourth-order valence-electron chi connectivity index (χ4n) is 0.434. The first-order chi connectivity index (χ1) is 5.16. The van der Waals surface area contributed by atoms with E-state index in [2.05, 4.69) is 19.2 Å². The number of hydrogen-bond donors (Lipinski definition) is 0. The van der Waals surface area contributed by atoms with Crippen molar-refractivity contribution in [2.75, 3.05) is 13.7 Å². The molecule has 0 aliphatic rings. The second kappa shape index (κ2) is 14.5. The Morgan fingerprint density at radius 2 is 1.58 bits per heavy atom. The van der Waals surface area contributed by atoms with E-state index in [9.17, 15) is 0 Å². The zero-order valence-electron chi connectivity index (χ0n) is 9.22. The summed E-state index contributed by atoms with van der Waals surface area (Å²) in [5, 5.41) is 4.27. The van der Waals surface area contributed by atoms with Crippen molar-refractivity contribution < 1.29 is 35.9 Å². The van der Waals surface area contributed by atoms with Crippen LogP contribution in [0, 0.1) is 31.1 Å². The molecular weight excluding hydrogens is 376 g/mol. The predicted octanol–water partition coefficient (Wildman–Crippen LogP) is 2.83. The SMILES string of the molecule is CC.COC(C)C[N-]C(C)C.[U]. The van der Waals surface area contributed by atoms with Crippen molar-refractivity contribution in [2.45, 2.75) is 46.8 Å². The van der Waals surface area contributed by atoms with Crippen molar-refractivity contribution in [3.8, 4) is 0 Å². The van der Waals surface area contributed by atoms with Gasteiger partial charge in [0.05, 0.1) is 0 Å². The molecule has 74 valence electrons. The fraction of sp³-hybridized carbons (Fsp3) is 1.00. The van der Waals surface area contributed by atoms with Gasteiger partial charge in [0.2, 0.25) is 0 Å². The van der Waals surface area contributed by atoms with Crippen LogP contribution >= 0.6 is 0 Å². The molecule has 0 N–H and O–H groups in total. The Hall–Kier alpha value is 0.972. The number of nitrogens with zero attached hydrogens (tertiary/aromatic N) is 1. The normalized spacial score (nSPS) is 11.2. The second-order valence-electron chi connectivity index (χ2n) is 2.51. The summed E-state index contributed by atoms with van der Waals surface area (Å²) in [4.78, 5) is 0. The van der Waals surface area contributed by atoms with Gasteiger partial charge in [-0.15, -0.1) is 12.6 Å². The topological polar surface area (TPSA) is 23.3 Å². The molecule has 0 aromatic carbocycles. The Balaban J connectivity index is -0.000000249. The second-order valence-corrected chi connectivity index (χ2v) is 2.51. The summed E-state index contributed by atoms with van der Waals surface area (Å²) in [6.45, 7) is 11.0. The monoisotopic (exact) mass is 398 g/mol. The van der Waals surface area contributed by atoms with Gasteiger partial charge >= 0.3 is 0 Å². The summed E-state index contributed by atoms with van der Waals surface area (Å²) in [5.41, 5.74) is 0. The molecule has 0 radical (unpaired) electrons. The summed E-state index contributed by atoms with van der Waals surface area (Å²) in [6.07, 6.45) is 0.271. The Morgan fingerprint density at radius 1 is 1.17 bits per heavy atom. The summed E-state index contributed by atoms with van der Waals surface area (Å²) >= 11 is 0. The first-order valence-electron chi connectivity index (χ1n) is 4.36. The molecule has 2 nitrogen and oxygen atoms in total. The fourth-order valence-corrected chi connectivity index (χ4v) is 0.434. The molecule has 0 aliphatic heterocycles. The van der Waals surface area contributed by atoms with E-state index in [4.69, 9.17) is 4.74 Å². The van der Waals surface area contributed by atoms with Gasteiger partial charge in [0.15, 0.2) is 0 Å². The summed E-state index contributed by atoms with van der Waals surface area (Å²) in [7, 11) is 1.71. The van der Waals surface area contributed by atoms with Crippen LogP contribution in [0.3, 0.4) is 0 Å². The van der Waals surface area contributed by atoms with E-state index in [1.807, 2.05) is 20.8 Å². The standard InChI is InChI=1S/C7H16NO.C2H6.U/c1-6(2)8-5-7(3)9-4;1-2;/h6-7H,5H2,1-4H3;1-2H3;/q-1;;. The van der Waals surface area contributed by atoms with Gasteiger partial charge < -0.3 is 10.1 Å². The molecule has 1 atom stereocenters. The molecule has 0 saturated heterocycles. The van der Waals surface area contributed by atoms with Gasteiger partial charge in [0.1, 0.15) is 0 Å². The molecule has 0 rings (SSSR count). The third-order valence-corrected chi connectivity index (χ3v) is 1.13. The van der Waals surface area contributed by atoms with Crippen LogP contribution in [0.15, 0.2) is 0 Å². The van der Waals surface area contributed by atoms with Crippen molar-refractivity contribution in [1.29, 1.82) is 0 Å². The molecule has 0 aromatic rings. The van der Waals surface area contributed by atoms with E-state index in [0.29, 0.717) is 6.04 Å². The van der Waals surface area contributed by atoms with Crippen LogP contribution in [0.5, 0.6) is 0 Å². The van der Waals surface area contributed by atoms with Crippen LogP contribution in [0.25, 0.3) is 5.32 Å². The molecule has 0 heterocycles. The molecule has 12 heavy (non-hydrogen) atoms. The minimum atomic E-state index is 0. The number of methoxy groups -OCH3 is 1. The Kier molecular flexibility index (Phi) is 22.6. The quantitative estimate of drug-likeness (QED) is 0.715. The van der Waals surface area contributed by atoms with Crippen LogP contribution in [0.4, 0.5) is 0 Å². The van der Waals surface area contributed by atoms with E-state index < -0.39 is 0 Å². The molecule has 0 bridgehead atoms. The Bertz CT molecular complexity index is 69.5. The maximum absolute atomic E-state index is 5.01. The van der Waals surface area contributed by atoms with E-state index in [-0.39, 0.29) is 37.2 Å². The molecular formula is C9H22NOU-. The van der Waals surface area contributed by atoms with Crippen molar-refractivity contribution in [2.24, 2.45) is 0 Å². The summed E-state index contributed by atoms with van der Waals surface area (Å²) < 4.78 is 5.01. The van der Waals surface area contributed by atoms with Gasteiger partial charge in [-0.3, -0.25) is 0 Å². The van der Waals surface area contributed by atoms with Crippen molar-refractivity contribution >= 4 is 0 Å².